The summed E-state index contributed by atoms with van der Waals surface area (Å²) < 4.78 is 26.7. The lowest BCUT2D eigenvalue weighted by Gasteiger charge is -2.10. The number of halogens is 2. The standard InChI is InChI=1S/C12H14F2N2/c1-6(15-3)11-7(2)16-12-9(11)4-8(13)5-10(12)14/h4-6,15-16H,1-3H3. The Hall–Kier alpha value is -1.42. The second-order valence-electron chi connectivity index (χ2n) is 3.98. The number of aromatic nitrogens is 1. The van der Waals surface area contributed by atoms with E-state index in [9.17, 15) is 8.78 Å². The molecule has 0 aliphatic heterocycles. The Kier molecular flexibility index (Phi) is 2.68. The van der Waals surface area contributed by atoms with Gasteiger partial charge in [-0.1, -0.05) is 0 Å². The zero-order valence-electron chi connectivity index (χ0n) is 9.49. The highest BCUT2D eigenvalue weighted by atomic mass is 19.1. The average molecular weight is 224 g/mol. The van der Waals surface area contributed by atoms with Crippen LogP contribution in [0.3, 0.4) is 0 Å². The normalized spacial score (nSPS) is 13.3. The molecule has 1 aromatic heterocycles. The van der Waals surface area contributed by atoms with Gasteiger partial charge in [0.05, 0.1) is 5.52 Å². The number of nitrogens with one attached hydrogen (secondary N) is 2. The van der Waals surface area contributed by atoms with Gasteiger partial charge in [0.25, 0.3) is 0 Å². The van der Waals surface area contributed by atoms with Crippen LogP contribution in [-0.2, 0) is 0 Å². The fraction of sp³-hybridized carbons (Fsp3) is 0.333. The predicted molar refractivity (Wildman–Crippen MR) is 60.4 cm³/mol. The Labute approximate surface area is 92.7 Å². The van der Waals surface area contributed by atoms with Crippen LogP contribution < -0.4 is 5.32 Å². The third-order valence-electron chi connectivity index (χ3n) is 2.93. The van der Waals surface area contributed by atoms with Gasteiger partial charge in [0.1, 0.15) is 11.6 Å². The molecule has 2 nitrogen and oxygen atoms in total. The van der Waals surface area contributed by atoms with E-state index >= 15 is 0 Å². The molecule has 0 aliphatic carbocycles. The SMILES string of the molecule is CNC(C)c1c(C)[nH]c2c(F)cc(F)cc12. The average Bonchev–Trinajstić information content (AvgIpc) is 2.54. The molecule has 1 heterocycles. The molecule has 0 spiro atoms. The molecule has 0 radical (unpaired) electrons. The van der Waals surface area contributed by atoms with Crippen molar-refractivity contribution in [3.63, 3.8) is 0 Å². The van der Waals surface area contributed by atoms with Crippen molar-refractivity contribution in [3.8, 4) is 0 Å². The minimum absolute atomic E-state index is 0.0509. The number of hydrogen-bond acceptors (Lipinski definition) is 1. The van der Waals surface area contributed by atoms with E-state index in [1.165, 1.54) is 6.07 Å². The van der Waals surface area contributed by atoms with Crippen molar-refractivity contribution in [3.05, 3.63) is 35.0 Å². The molecular formula is C12H14F2N2. The second kappa shape index (κ2) is 3.87. The van der Waals surface area contributed by atoms with E-state index in [0.29, 0.717) is 10.9 Å². The molecule has 2 rings (SSSR count). The predicted octanol–water partition coefficient (Wildman–Crippen LogP) is 3.03. The quantitative estimate of drug-likeness (QED) is 0.806. The van der Waals surface area contributed by atoms with Gasteiger partial charge in [-0.15, -0.1) is 0 Å². The molecule has 0 fully saturated rings. The summed E-state index contributed by atoms with van der Waals surface area (Å²) in [6.07, 6.45) is 0. The largest absolute Gasteiger partial charge is 0.356 e. The van der Waals surface area contributed by atoms with E-state index < -0.39 is 11.6 Å². The molecule has 16 heavy (non-hydrogen) atoms. The molecule has 1 aromatic carbocycles. The van der Waals surface area contributed by atoms with Crippen molar-refractivity contribution in [1.82, 2.24) is 10.3 Å². The van der Waals surface area contributed by atoms with Crippen LogP contribution in [0.15, 0.2) is 12.1 Å². The van der Waals surface area contributed by atoms with Crippen molar-refractivity contribution in [2.24, 2.45) is 0 Å². The maximum absolute atomic E-state index is 13.5. The molecule has 86 valence electrons. The summed E-state index contributed by atoms with van der Waals surface area (Å²) in [6, 6.07) is 2.31. The van der Waals surface area contributed by atoms with E-state index in [1.54, 1.807) is 0 Å². The van der Waals surface area contributed by atoms with E-state index in [0.717, 1.165) is 17.3 Å². The Morgan fingerprint density at radius 3 is 2.62 bits per heavy atom. The first-order valence-electron chi connectivity index (χ1n) is 5.19. The zero-order valence-corrected chi connectivity index (χ0v) is 9.49. The number of fused-ring (bicyclic) bond motifs is 1. The van der Waals surface area contributed by atoms with Gasteiger partial charge >= 0.3 is 0 Å². The lowest BCUT2D eigenvalue weighted by Crippen LogP contribution is -2.12. The highest BCUT2D eigenvalue weighted by Gasteiger charge is 2.16. The molecule has 1 unspecified atom stereocenters. The fourth-order valence-corrected chi connectivity index (χ4v) is 2.07. The van der Waals surface area contributed by atoms with Crippen LogP contribution in [0.5, 0.6) is 0 Å². The van der Waals surface area contributed by atoms with Crippen LogP contribution in [0.1, 0.15) is 24.2 Å². The summed E-state index contributed by atoms with van der Waals surface area (Å²) in [4.78, 5) is 2.96. The first kappa shape index (κ1) is 11.1. The van der Waals surface area contributed by atoms with Crippen LogP contribution in [-0.4, -0.2) is 12.0 Å². The molecule has 4 heteroatoms. The minimum atomic E-state index is -0.548. The fourth-order valence-electron chi connectivity index (χ4n) is 2.07. The van der Waals surface area contributed by atoms with Gasteiger partial charge in [-0.25, -0.2) is 8.78 Å². The summed E-state index contributed by atoms with van der Waals surface area (Å²) >= 11 is 0. The van der Waals surface area contributed by atoms with Crippen molar-refractivity contribution >= 4 is 10.9 Å². The molecule has 0 saturated carbocycles. The van der Waals surface area contributed by atoms with Crippen molar-refractivity contribution in [1.29, 1.82) is 0 Å². The Morgan fingerprint density at radius 2 is 2.00 bits per heavy atom. The lowest BCUT2D eigenvalue weighted by atomic mass is 10.0. The summed E-state index contributed by atoms with van der Waals surface area (Å²) in [7, 11) is 1.82. The highest BCUT2D eigenvalue weighted by Crippen LogP contribution is 2.29. The van der Waals surface area contributed by atoms with Gasteiger partial charge in [-0.2, -0.15) is 0 Å². The monoisotopic (exact) mass is 224 g/mol. The maximum atomic E-state index is 13.5. The number of H-pyrrole nitrogens is 1. The maximum Gasteiger partial charge on any atom is 0.150 e. The molecule has 0 amide bonds. The Bertz CT molecular complexity index is 531. The molecule has 2 N–H and O–H groups in total. The highest BCUT2D eigenvalue weighted by molar-refractivity contribution is 5.85. The van der Waals surface area contributed by atoms with Crippen LogP contribution in [0, 0.1) is 18.6 Å². The summed E-state index contributed by atoms with van der Waals surface area (Å²) in [5, 5.41) is 3.68. The van der Waals surface area contributed by atoms with Crippen molar-refractivity contribution in [2.75, 3.05) is 7.05 Å². The molecule has 1 atom stereocenters. The zero-order chi connectivity index (χ0) is 11.9. The van der Waals surface area contributed by atoms with Crippen LogP contribution in [0.4, 0.5) is 8.78 Å². The summed E-state index contributed by atoms with van der Waals surface area (Å²) in [6.45, 7) is 3.82. The summed E-state index contributed by atoms with van der Waals surface area (Å²) in [5.74, 6) is -1.10. The van der Waals surface area contributed by atoms with Crippen LogP contribution >= 0.6 is 0 Å². The molecular weight excluding hydrogens is 210 g/mol. The molecule has 0 bridgehead atoms. The smallest absolute Gasteiger partial charge is 0.150 e. The number of aromatic amines is 1. The third kappa shape index (κ3) is 1.59. The van der Waals surface area contributed by atoms with E-state index in [1.807, 2.05) is 20.9 Å². The Balaban J connectivity index is 2.78. The number of hydrogen-bond donors (Lipinski definition) is 2. The Morgan fingerprint density at radius 1 is 1.31 bits per heavy atom. The van der Waals surface area contributed by atoms with Gasteiger partial charge < -0.3 is 10.3 Å². The van der Waals surface area contributed by atoms with Gasteiger partial charge in [0.2, 0.25) is 0 Å². The van der Waals surface area contributed by atoms with E-state index in [-0.39, 0.29) is 6.04 Å². The van der Waals surface area contributed by atoms with Crippen molar-refractivity contribution in [2.45, 2.75) is 19.9 Å². The second-order valence-corrected chi connectivity index (χ2v) is 3.98. The number of benzene rings is 1. The topological polar surface area (TPSA) is 27.8 Å². The van der Waals surface area contributed by atoms with Crippen LogP contribution in [0.25, 0.3) is 10.9 Å². The number of aryl methyl sites for hydroxylation is 1. The molecule has 0 saturated heterocycles. The summed E-state index contributed by atoms with van der Waals surface area (Å²) in [5.41, 5.74) is 2.15. The first-order valence-corrected chi connectivity index (χ1v) is 5.19. The van der Waals surface area contributed by atoms with Gasteiger partial charge in [0.15, 0.2) is 0 Å². The minimum Gasteiger partial charge on any atom is -0.356 e. The van der Waals surface area contributed by atoms with Crippen LogP contribution in [0.2, 0.25) is 0 Å². The first-order chi connectivity index (χ1) is 7.54. The van der Waals surface area contributed by atoms with Gasteiger partial charge in [0, 0.05) is 23.2 Å². The third-order valence-corrected chi connectivity index (χ3v) is 2.93. The molecule has 2 aromatic rings. The lowest BCUT2D eigenvalue weighted by molar-refractivity contribution is 0.590. The van der Waals surface area contributed by atoms with Gasteiger partial charge in [-0.05, 0) is 32.5 Å². The van der Waals surface area contributed by atoms with E-state index in [4.69, 9.17) is 0 Å². The van der Waals surface area contributed by atoms with E-state index in [2.05, 4.69) is 10.3 Å². The number of rotatable bonds is 2. The van der Waals surface area contributed by atoms with Crippen molar-refractivity contribution < 1.29 is 8.78 Å². The van der Waals surface area contributed by atoms with Gasteiger partial charge in [-0.3, -0.25) is 0 Å². The molecule has 0 aliphatic rings.